The molecule has 0 rings (SSSR count). The zero-order valence-corrected chi connectivity index (χ0v) is 20.6. The maximum Gasteiger partial charge on any atom is 0.198 e. The summed E-state index contributed by atoms with van der Waals surface area (Å²) in [6.45, 7) is 33.4. The second-order valence-corrected chi connectivity index (χ2v) is 16.1. The molecule has 3 heteroatoms. The third kappa shape index (κ3) is 7.03. The maximum atomic E-state index is 6.88. The van der Waals surface area contributed by atoms with Gasteiger partial charge in [-0.3, -0.25) is 0 Å². The Bertz CT molecular complexity index is 299. The quantitative estimate of drug-likeness (QED) is 0.485. The van der Waals surface area contributed by atoms with E-state index in [1.54, 1.807) is 0 Å². The summed E-state index contributed by atoms with van der Waals surface area (Å²) in [6, 6.07) is 0. The molecule has 138 valence electrons. The summed E-state index contributed by atoms with van der Waals surface area (Å²) < 4.78 is 6.88. The Morgan fingerprint density at radius 1 is 0.478 bits per heavy atom. The summed E-state index contributed by atoms with van der Waals surface area (Å²) in [5, 5.41) is 0. The SMILES string of the molecule is C[Si](O[Si](C)C(C(C)(C)C)C(C)(C)C)C(C(C)(C)C)C(C)(C)C. The molecule has 0 aromatic rings. The van der Waals surface area contributed by atoms with Crippen LogP contribution in [0.15, 0.2) is 0 Å². The molecule has 1 nitrogen and oxygen atoms in total. The summed E-state index contributed by atoms with van der Waals surface area (Å²) in [6.07, 6.45) is 0. The van der Waals surface area contributed by atoms with Crippen LogP contribution in [-0.2, 0) is 4.12 Å². The fourth-order valence-electron chi connectivity index (χ4n) is 5.41. The molecule has 23 heavy (non-hydrogen) atoms. The molecule has 0 aromatic carbocycles. The van der Waals surface area contributed by atoms with Crippen molar-refractivity contribution in [3.8, 4) is 0 Å². The van der Waals surface area contributed by atoms with Gasteiger partial charge < -0.3 is 4.12 Å². The number of hydrogen-bond acceptors (Lipinski definition) is 1. The highest BCUT2D eigenvalue weighted by Gasteiger charge is 2.45. The van der Waals surface area contributed by atoms with Crippen LogP contribution in [0.5, 0.6) is 0 Å². The molecule has 0 aliphatic rings. The molecule has 0 aromatic heterocycles. The van der Waals surface area contributed by atoms with Crippen molar-refractivity contribution in [2.75, 3.05) is 0 Å². The van der Waals surface area contributed by atoms with E-state index >= 15 is 0 Å². The summed E-state index contributed by atoms with van der Waals surface area (Å²) in [7, 11) is -1.72. The molecule has 0 saturated heterocycles. The topological polar surface area (TPSA) is 9.23 Å². The molecule has 0 bridgehead atoms. The lowest BCUT2D eigenvalue weighted by molar-refractivity contribution is 0.202. The zero-order valence-electron chi connectivity index (χ0n) is 18.6. The van der Waals surface area contributed by atoms with Crippen LogP contribution in [0.2, 0.25) is 24.2 Å². The van der Waals surface area contributed by atoms with E-state index in [1.807, 2.05) is 0 Å². The molecule has 0 amide bonds. The highest BCUT2D eigenvalue weighted by Crippen LogP contribution is 2.50. The fourth-order valence-corrected chi connectivity index (χ4v) is 13.3. The summed E-state index contributed by atoms with van der Waals surface area (Å²) >= 11 is 0. The predicted molar refractivity (Wildman–Crippen MR) is 110 cm³/mol. The van der Waals surface area contributed by atoms with Crippen molar-refractivity contribution >= 4 is 18.1 Å². The van der Waals surface area contributed by atoms with Gasteiger partial charge in [-0.05, 0) is 45.8 Å². The first-order valence-corrected chi connectivity index (χ1v) is 13.1. The van der Waals surface area contributed by atoms with Gasteiger partial charge >= 0.3 is 0 Å². The molecule has 0 aliphatic heterocycles. The van der Waals surface area contributed by atoms with Crippen molar-refractivity contribution in [2.24, 2.45) is 21.7 Å². The van der Waals surface area contributed by atoms with Gasteiger partial charge in [-0.1, -0.05) is 83.1 Å². The molecule has 0 fully saturated rings. The maximum absolute atomic E-state index is 6.88. The zero-order chi connectivity index (χ0) is 19.0. The minimum absolute atomic E-state index is 0.294. The normalized spacial score (nSPS) is 15.4. The van der Waals surface area contributed by atoms with Gasteiger partial charge in [0, 0.05) is 0 Å². The third-order valence-electron chi connectivity index (χ3n) is 4.60. The minimum atomic E-state index is -0.860. The molecular weight excluding hydrogens is 312 g/mol. The van der Waals surface area contributed by atoms with Crippen molar-refractivity contribution < 1.29 is 4.12 Å². The van der Waals surface area contributed by atoms with Crippen LogP contribution in [0.25, 0.3) is 0 Å². The first-order valence-electron chi connectivity index (χ1n) is 9.14. The molecule has 0 unspecified atom stereocenters. The van der Waals surface area contributed by atoms with Crippen LogP contribution in [0.1, 0.15) is 83.1 Å². The van der Waals surface area contributed by atoms with Crippen LogP contribution in [0, 0.1) is 21.7 Å². The van der Waals surface area contributed by atoms with Crippen molar-refractivity contribution in [3.63, 3.8) is 0 Å². The Morgan fingerprint density at radius 3 is 0.783 bits per heavy atom. The fraction of sp³-hybridized carbons (Fsp3) is 1.00. The largest absolute Gasteiger partial charge is 0.455 e. The Kier molecular flexibility index (Phi) is 7.46. The van der Waals surface area contributed by atoms with Crippen LogP contribution >= 0.6 is 0 Å². The second kappa shape index (κ2) is 7.33. The minimum Gasteiger partial charge on any atom is -0.455 e. The summed E-state index contributed by atoms with van der Waals surface area (Å²) in [5.41, 5.74) is 2.45. The van der Waals surface area contributed by atoms with Gasteiger partial charge in [-0.25, -0.2) is 0 Å². The van der Waals surface area contributed by atoms with Crippen molar-refractivity contribution in [3.05, 3.63) is 0 Å². The molecule has 0 atom stereocenters. The standard InChI is InChI=1S/C20H44OSi2/c1-17(2,3)15(18(4,5)6)22(13)21-23(14)16(19(7,8)9)20(10,11)12/h15-16H,1-14H3. The Labute approximate surface area is 151 Å². The van der Waals surface area contributed by atoms with Gasteiger partial charge in [0.1, 0.15) is 0 Å². The van der Waals surface area contributed by atoms with E-state index in [4.69, 9.17) is 4.12 Å². The molecule has 0 saturated carbocycles. The smallest absolute Gasteiger partial charge is 0.198 e. The van der Waals surface area contributed by atoms with E-state index < -0.39 is 18.1 Å². The van der Waals surface area contributed by atoms with E-state index in [0.717, 1.165) is 0 Å². The molecule has 0 N–H and O–H groups in total. The molecule has 0 heterocycles. The lowest BCUT2D eigenvalue weighted by atomic mass is 9.76. The highest BCUT2D eigenvalue weighted by molar-refractivity contribution is 6.66. The monoisotopic (exact) mass is 356 g/mol. The lowest BCUT2D eigenvalue weighted by Gasteiger charge is -2.47. The third-order valence-corrected chi connectivity index (χ3v) is 12.3. The van der Waals surface area contributed by atoms with Crippen LogP contribution in [-0.4, -0.2) is 18.1 Å². The van der Waals surface area contributed by atoms with E-state index in [1.165, 1.54) is 0 Å². The average molecular weight is 357 g/mol. The molecule has 0 spiro atoms. The molecular formula is C20H44OSi2. The Balaban J connectivity index is 5.44. The predicted octanol–water partition coefficient (Wildman–Crippen LogP) is 7.17. The first-order chi connectivity index (χ1) is 9.79. The van der Waals surface area contributed by atoms with Gasteiger partial charge in [0.2, 0.25) is 0 Å². The van der Waals surface area contributed by atoms with Crippen LogP contribution in [0.3, 0.4) is 0 Å². The van der Waals surface area contributed by atoms with Gasteiger partial charge in [0.25, 0.3) is 0 Å². The van der Waals surface area contributed by atoms with Crippen molar-refractivity contribution in [1.29, 1.82) is 0 Å². The van der Waals surface area contributed by atoms with E-state index in [9.17, 15) is 0 Å². The Hall–Kier alpha value is 0.394. The van der Waals surface area contributed by atoms with Gasteiger partial charge in [-0.15, -0.1) is 0 Å². The molecule has 2 radical (unpaired) electrons. The van der Waals surface area contributed by atoms with Gasteiger partial charge in [-0.2, -0.15) is 0 Å². The second-order valence-electron chi connectivity index (χ2n) is 11.7. The van der Waals surface area contributed by atoms with Crippen LogP contribution in [0.4, 0.5) is 0 Å². The summed E-state index contributed by atoms with van der Waals surface area (Å²) in [5.74, 6) is 0. The highest BCUT2D eigenvalue weighted by atomic mass is 28.4. The summed E-state index contributed by atoms with van der Waals surface area (Å²) in [4.78, 5) is 0. The van der Waals surface area contributed by atoms with Crippen molar-refractivity contribution in [2.45, 2.75) is 107 Å². The molecule has 0 aliphatic carbocycles. The van der Waals surface area contributed by atoms with E-state index in [2.05, 4.69) is 96.2 Å². The number of rotatable bonds is 4. The van der Waals surface area contributed by atoms with Gasteiger partial charge in [0.15, 0.2) is 18.1 Å². The van der Waals surface area contributed by atoms with Gasteiger partial charge in [0.05, 0.1) is 0 Å². The Morgan fingerprint density at radius 2 is 0.652 bits per heavy atom. The average Bonchev–Trinajstić information content (AvgIpc) is 2.04. The van der Waals surface area contributed by atoms with E-state index in [0.29, 0.717) is 32.7 Å². The van der Waals surface area contributed by atoms with E-state index in [-0.39, 0.29) is 0 Å². The first kappa shape index (κ1) is 23.4. The lowest BCUT2D eigenvalue weighted by Crippen LogP contribution is -2.46. The number of hydrogen-bond donors (Lipinski definition) is 0. The van der Waals surface area contributed by atoms with Crippen molar-refractivity contribution in [1.82, 2.24) is 0 Å². The van der Waals surface area contributed by atoms with Crippen LogP contribution < -0.4 is 0 Å².